The van der Waals surface area contributed by atoms with Crippen molar-refractivity contribution >= 4 is 0 Å². The van der Waals surface area contributed by atoms with Crippen molar-refractivity contribution in [2.24, 2.45) is 0 Å². The third kappa shape index (κ3) is 2.96. The third-order valence-corrected chi connectivity index (χ3v) is 3.85. The Balaban J connectivity index is 1.55. The zero-order valence-corrected chi connectivity index (χ0v) is 13.0. The van der Waals surface area contributed by atoms with Gasteiger partial charge >= 0.3 is 0 Å². The van der Waals surface area contributed by atoms with Gasteiger partial charge in [-0.2, -0.15) is 0 Å². The molecule has 4 aromatic rings. The number of aromatic nitrogens is 4. The number of benzene rings is 1. The second-order valence-electron chi connectivity index (χ2n) is 5.46. The van der Waals surface area contributed by atoms with Gasteiger partial charge in [0.15, 0.2) is 5.82 Å². The summed E-state index contributed by atoms with van der Waals surface area (Å²) in [5.74, 6) is 1.44. The number of hydrogen-bond acceptors (Lipinski definition) is 4. The Kier molecular flexibility index (Phi) is 3.90. The maximum atomic E-state index is 5.51. The second kappa shape index (κ2) is 6.50. The summed E-state index contributed by atoms with van der Waals surface area (Å²) in [5.41, 5.74) is 2.89. The average molecular weight is 316 g/mol. The van der Waals surface area contributed by atoms with E-state index in [1.165, 1.54) is 0 Å². The molecule has 4 rings (SSSR count). The number of pyridine rings is 1. The normalized spacial score (nSPS) is 10.8. The maximum Gasteiger partial charge on any atom is 0.202 e. The van der Waals surface area contributed by atoms with E-state index in [0.29, 0.717) is 5.76 Å². The standard InChI is InChI=1S/C19H16N4O/c1-2-6-15(7-3-1)17-14-18(24-22-17)19-21-11-13-23(19)12-9-16-8-4-5-10-20-16/h1-8,10-11,13-14H,9,12H2. The quantitative estimate of drug-likeness (QED) is 0.561. The summed E-state index contributed by atoms with van der Waals surface area (Å²) < 4.78 is 7.57. The van der Waals surface area contributed by atoms with Crippen molar-refractivity contribution in [3.8, 4) is 22.8 Å². The number of nitrogens with zero attached hydrogens (tertiary/aromatic N) is 4. The van der Waals surface area contributed by atoms with Crippen molar-refractivity contribution in [2.45, 2.75) is 13.0 Å². The van der Waals surface area contributed by atoms with E-state index in [2.05, 4.69) is 19.7 Å². The highest BCUT2D eigenvalue weighted by Crippen LogP contribution is 2.25. The lowest BCUT2D eigenvalue weighted by molar-refractivity contribution is 0.429. The molecule has 0 aliphatic rings. The van der Waals surface area contributed by atoms with Gasteiger partial charge in [-0.1, -0.05) is 41.6 Å². The fraction of sp³-hybridized carbons (Fsp3) is 0.105. The SMILES string of the molecule is c1ccc(-c2cc(-c3nccn3CCc3ccccn3)on2)cc1. The van der Waals surface area contributed by atoms with Gasteiger partial charge < -0.3 is 9.09 Å². The van der Waals surface area contributed by atoms with Crippen LogP contribution in [0.1, 0.15) is 5.69 Å². The van der Waals surface area contributed by atoms with Gasteiger partial charge in [0.2, 0.25) is 5.76 Å². The summed E-state index contributed by atoms with van der Waals surface area (Å²) in [5, 5.41) is 4.16. The van der Waals surface area contributed by atoms with Crippen LogP contribution in [0.4, 0.5) is 0 Å². The first-order valence-electron chi connectivity index (χ1n) is 7.84. The molecule has 5 heteroatoms. The Hall–Kier alpha value is -3.21. The van der Waals surface area contributed by atoms with Crippen molar-refractivity contribution in [3.05, 3.63) is 78.9 Å². The summed E-state index contributed by atoms with van der Waals surface area (Å²) in [6.45, 7) is 0.785. The van der Waals surface area contributed by atoms with Gasteiger partial charge in [0.1, 0.15) is 5.69 Å². The molecular formula is C19H16N4O. The highest BCUT2D eigenvalue weighted by molar-refractivity contribution is 5.63. The number of imidazole rings is 1. The first-order valence-corrected chi connectivity index (χ1v) is 7.84. The lowest BCUT2D eigenvalue weighted by Gasteiger charge is -2.05. The Morgan fingerprint density at radius 1 is 0.917 bits per heavy atom. The number of aryl methyl sites for hydroxylation is 2. The first kappa shape index (κ1) is 14.4. The first-order chi connectivity index (χ1) is 11.9. The Labute approximate surface area is 139 Å². The van der Waals surface area contributed by atoms with E-state index in [-0.39, 0.29) is 0 Å². The molecule has 0 radical (unpaired) electrons. The van der Waals surface area contributed by atoms with Crippen LogP contribution < -0.4 is 0 Å². The van der Waals surface area contributed by atoms with Crippen LogP contribution in [-0.4, -0.2) is 19.7 Å². The molecule has 0 atom stereocenters. The minimum absolute atomic E-state index is 0.667. The third-order valence-electron chi connectivity index (χ3n) is 3.85. The van der Waals surface area contributed by atoms with Crippen molar-refractivity contribution in [2.75, 3.05) is 0 Å². The second-order valence-corrected chi connectivity index (χ2v) is 5.46. The Morgan fingerprint density at radius 3 is 2.62 bits per heavy atom. The summed E-state index contributed by atoms with van der Waals surface area (Å²) in [6, 6.07) is 17.8. The van der Waals surface area contributed by atoms with Gasteiger partial charge in [0.05, 0.1) is 0 Å². The van der Waals surface area contributed by atoms with Gasteiger partial charge in [-0.3, -0.25) is 4.98 Å². The molecule has 3 heterocycles. The highest BCUT2D eigenvalue weighted by Gasteiger charge is 2.13. The Bertz CT molecular complexity index is 913. The summed E-state index contributed by atoms with van der Waals surface area (Å²) in [4.78, 5) is 8.77. The molecule has 0 saturated carbocycles. The molecule has 0 spiro atoms. The van der Waals surface area contributed by atoms with Crippen molar-refractivity contribution in [1.29, 1.82) is 0 Å². The summed E-state index contributed by atoms with van der Waals surface area (Å²) in [7, 11) is 0. The average Bonchev–Trinajstić information content (AvgIpc) is 3.31. The molecule has 24 heavy (non-hydrogen) atoms. The fourth-order valence-electron chi connectivity index (χ4n) is 2.62. The van der Waals surface area contributed by atoms with E-state index < -0.39 is 0 Å². The van der Waals surface area contributed by atoms with Crippen LogP contribution in [0.15, 0.2) is 77.7 Å². The lowest BCUT2D eigenvalue weighted by Crippen LogP contribution is -2.03. The fourth-order valence-corrected chi connectivity index (χ4v) is 2.62. The lowest BCUT2D eigenvalue weighted by atomic mass is 10.1. The largest absolute Gasteiger partial charge is 0.352 e. The molecule has 5 nitrogen and oxygen atoms in total. The van der Waals surface area contributed by atoms with E-state index in [9.17, 15) is 0 Å². The van der Waals surface area contributed by atoms with Crippen LogP contribution in [-0.2, 0) is 13.0 Å². The number of hydrogen-bond donors (Lipinski definition) is 0. The smallest absolute Gasteiger partial charge is 0.202 e. The molecule has 0 unspecified atom stereocenters. The van der Waals surface area contributed by atoms with Crippen LogP contribution in [0, 0.1) is 0 Å². The molecule has 1 aromatic carbocycles. The van der Waals surface area contributed by atoms with Gasteiger partial charge in [-0.25, -0.2) is 4.98 Å². The van der Waals surface area contributed by atoms with E-state index in [1.807, 2.05) is 67.0 Å². The van der Waals surface area contributed by atoms with E-state index in [0.717, 1.165) is 35.7 Å². The monoisotopic (exact) mass is 316 g/mol. The van der Waals surface area contributed by atoms with Gasteiger partial charge in [-0.05, 0) is 12.1 Å². The van der Waals surface area contributed by atoms with Gasteiger partial charge in [0, 0.05) is 48.9 Å². The van der Waals surface area contributed by atoms with Crippen LogP contribution in [0.2, 0.25) is 0 Å². The predicted octanol–water partition coefficient (Wildman–Crippen LogP) is 3.84. The zero-order chi connectivity index (χ0) is 16.2. The highest BCUT2D eigenvalue weighted by atomic mass is 16.5. The number of rotatable bonds is 5. The molecule has 0 N–H and O–H groups in total. The molecule has 118 valence electrons. The van der Waals surface area contributed by atoms with E-state index >= 15 is 0 Å². The predicted molar refractivity (Wildman–Crippen MR) is 91.1 cm³/mol. The molecule has 3 aromatic heterocycles. The Morgan fingerprint density at radius 2 is 1.79 bits per heavy atom. The van der Waals surface area contributed by atoms with Crippen LogP contribution in [0.5, 0.6) is 0 Å². The van der Waals surface area contributed by atoms with Crippen molar-refractivity contribution in [1.82, 2.24) is 19.7 Å². The van der Waals surface area contributed by atoms with Crippen molar-refractivity contribution < 1.29 is 4.52 Å². The molecule has 0 bridgehead atoms. The van der Waals surface area contributed by atoms with Crippen LogP contribution in [0.25, 0.3) is 22.8 Å². The molecule has 0 aliphatic heterocycles. The van der Waals surface area contributed by atoms with Gasteiger partial charge in [-0.15, -0.1) is 0 Å². The minimum atomic E-state index is 0.667. The van der Waals surface area contributed by atoms with E-state index in [1.54, 1.807) is 6.20 Å². The topological polar surface area (TPSA) is 56.7 Å². The van der Waals surface area contributed by atoms with E-state index in [4.69, 9.17) is 4.52 Å². The molecule has 0 fully saturated rings. The minimum Gasteiger partial charge on any atom is -0.352 e. The molecule has 0 amide bonds. The molecule has 0 saturated heterocycles. The molecule has 0 aliphatic carbocycles. The summed E-state index contributed by atoms with van der Waals surface area (Å²) in [6.07, 6.45) is 6.37. The van der Waals surface area contributed by atoms with Crippen LogP contribution in [0.3, 0.4) is 0 Å². The molecular weight excluding hydrogens is 300 g/mol. The van der Waals surface area contributed by atoms with Crippen LogP contribution >= 0.6 is 0 Å². The van der Waals surface area contributed by atoms with Crippen molar-refractivity contribution in [3.63, 3.8) is 0 Å². The summed E-state index contributed by atoms with van der Waals surface area (Å²) >= 11 is 0. The maximum absolute atomic E-state index is 5.51. The van der Waals surface area contributed by atoms with Gasteiger partial charge in [0.25, 0.3) is 0 Å². The zero-order valence-electron chi connectivity index (χ0n) is 13.0.